The van der Waals surface area contributed by atoms with Crippen LogP contribution in [-0.2, 0) is 9.53 Å². The van der Waals surface area contributed by atoms with Crippen LogP contribution < -0.4 is 5.32 Å². The summed E-state index contributed by atoms with van der Waals surface area (Å²) < 4.78 is 18.2. The van der Waals surface area contributed by atoms with Crippen LogP contribution in [0.5, 0.6) is 0 Å². The van der Waals surface area contributed by atoms with Crippen LogP contribution in [0.1, 0.15) is 20.7 Å². The minimum absolute atomic E-state index is 0.0489. The second-order valence-electron chi connectivity index (χ2n) is 4.44. The maximum Gasteiger partial charge on any atom is 0.339 e. The lowest BCUT2D eigenvalue weighted by molar-refractivity contribution is -0.123. The molecule has 23 heavy (non-hydrogen) atoms. The first-order valence-electron chi connectivity index (χ1n) is 6.49. The highest BCUT2D eigenvalue weighted by Gasteiger charge is 2.16. The van der Waals surface area contributed by atoms with Crippen molar-refractivity contribution in [1.82, 2.24) is 5.32 Å². The number of carbonyl (C=O) groups is 3. The van der Waals surface area contributed by atoms with Crippen molar-refractivity contribution in [3.05, 3.63) is 69.9 Å². The van der Waals surface area contributed by atoms with Gasteiger partial charge in [0.25, 0.3) is 11.8 Å². The van der Waals surface area contributed by atoms with Gasteiger partial charge in [0.2, 0.25) is 0 Å². The first-order valence-corrected chi connectivity index (χ1v) is 7.28. The number of esters is 1. The average molecular weight is 380 g/mol. The van der Waals surface area contributed by atoms with E-state index in [4.69, 9.17) is 4.74 Å². The molecule has 2 amide bonds. The van der Waals surface area contributed by atoms with Crippen LogP contribution in [0.4, 0.5) is 4.39 Å². The predicted octanol–water partition coefficient (Wildman–Crippen LogP) is 2.70. The van der Waals surface area contributed by atoms with Crippen molar-refractivity contribution in [1.29, 1.82) is 0 Å². The van der Waals surface area contributed by atoms with E-state index in [1.165, 1.54) is 12.1 Å². The molecular formula is C16H11BrFNO4. The normalized spacial score (nSPS) is 10.0. The van der Waals surface area contributed by atoms with Crippen LogP contribution in [0.2, 0.25) is 0 Å². The summed E-state index contributed by atoms with van der Waals surface area (Å²) in [7, 11) is 0. The van der Waals surface area contributed by atoms with Gasteiger partial charge in [-0.15, -0.1) is 0 Å². The highest BCUT2D eigenvalue weighted by atomic mass is 79.9. The number of amides is 2. The zero-order valence-electron chi connectivity index (χ0n) is 11.7. The third-order valence-corrected chi connectivity index (χ3v) is 3.46. The summed E-state index contributed by atoms with van der Waals surface area (Å²) in [6.45, 7) is -0.652. The highest BCUT2D eigenvalue weighted by Crippen LogP contribution is 2.18. The number of halogens is 2. The van der Waals surface area contributed by atoms with E-state index in [2.05, 4.69) is 21.2 Å². The molecule has 0 aromatic heterocycles. The third kappa shape index (κ3) is 4.72. The summed E-state index contributed by atoms with van der Waals surface area (Å²) in [5.74, 6) is -2.86. The number of hydrogen-bond donors (Lipinski definition) is 1. The van der Waals surface area contributed by atoms with Crippen molar-refractivity contribution in [2.24, 2.45) is 0 Å². The lowest BCUT2D eigenvalue weighted by Gasteiger charge is -2.07. The Morgan fingerprint density at radius 3 is 2.48 bits per heavy atom. The van der Waals surface area contributed by atoms with Gasteiger partial charge < -0.3 is 4.74 Å². The molecule has 0 heterocycles. The molecule has 0 saturated heterocycles. The molecule has 5 nitrogen and oxygen atoms in total. The highest BCUT2D eigenvalue weighted by molar-refractivity contribution is 9.10. The summed E-state index contributed by atoms with van der Waals surface area (Å²) in [4.78, 5) is 35.2. The summed E-state index contributed by atoms with van der Waals surface area (Å²) in [5, 5.41) is 2.09. The number of benzene rings is 2. The second kappa shape index (κ2) is 7.64. The fourth-order valence-corrected chi connectivity index (χ4v) is 2.10. The number of hydrogen-bond acceptors (Lipinski definition) is 4. The van der Waals surface area contributed by atoms with Gasteiger partial charge in [-0.1, -0.05) is 18.2 Å². The van der Waals surface area contributed by atoms with E-state index in [-0.39, 0.29) is 5.56 Å². The SMILES string of the molecule is O=C(COC(=O)c1cc(F)ccc1Br)NC(=O)c1ccccc1. The molecule has 118 valence electrons. The van der Waals surface area contributed by atoms with Gasteiger partial charge in [0.1, 0.15) is 5.82 Å². The molecule has 1 N–H and O–H groups in total. The van der Waals surface area contributed by atoms with Crippen molar-refractivity contribution in [3.63, 3.8) is 0 Å². The molecule has 0 aliphatic carbocycles. The molecule has 0 spiro atoms. The molecule has 0 fully saturated rings. The fraction of sp³-hybridized carbons (Fsp3) is 0.0625. The monoisotopic (exact) mass is 379 g/mol. The number of rotatable bonds is 4. The Balaban J connectivity index is 1.90. The molecular weight excluding hydrogens is 369 g/mol. The van der Waals surface area contributed by atoms with Crippen LogP contribution >= 0.6 is 15.9 Å². The molecule has 0 saturated carbocycles. The first-order chi connectivity index (χ1) is 11.0. The minimum atomic E-state index is -0.876. The topological polar surface area (TPSA) is 72.5 Å². The van der Waals surface area contributed by atoms with Crippen molar-refractivity contribution < 1.29 is 23.5 Å². The van der Waals surface area contributed by atoms with Gasteiger partial charge in [0, 0.05) is 10.0 Å². The fourth-order valence-electron chi connectivity index (χ4n) is 1.69. The van der Waals surface area contributed by atoms with Gasteiger partial charge in [-0.2, -0.15) is 0 Å². The largest absolute Gasteiger partial charge is 0.452 e. The standard InChI is InChI=1S/C16H11BrFNO4/c17-13-7-6-11(18)8-12(13)16(22)23-9-14(20)19-15(21)10-4-2-1-3-5-10/h1-8H,9H2,(H,19,20,21). The van der Waals surface area contributed by atoms with E-state index >= 15 is 0 Å². The number of imide groups is 1. The lowest BCUT2D eigenvalue weighted by Crippen LogP contribution is -2.34. The second-order valence-corrected chi connectivity index (χ2v) is 5.30. The van der Waals surface area contributed by atoms with Gasteiger partial charge in [-0.05, 0) is 46.3 Å². The molecule has 2 aromatic carbocycles. The van der Waals surface area contributed by atoms with Crippen LogP contribution in [-0.4, -0.2) is 24.4 Å². The Hall–Kier alpha value is -2.54. The Morgan fingerprint density at radius 1 is 1.09 bits per heavy atom. The summed E-state index contributed by atoms with van der Waals surface area (Å²) >= 11 is 3.09. The minimum Gasteiger partial charge on any atom is -0.452 e. The van der Waals surface area contributed by atoms with E-state index in [1.54, 1.807) is 30.3 Å². The zero-order valence-corrected chi connectivity index (χ0v) is 13.3. The van der Waals surface area contributed by atoms with E-state index in [0.717, 1.165) is 6.07 Å². The van der Waals surface area contributed by atoms with Gasteiger partial charge >= 0.3 is 5.97 Å². The Labute approximate surface area is 139 Å². The molecule has 7 heteroatoms. The number of ether oxygens (including phenoxy) is 1. The van der Waals surface area contributed by atoms with E-state index < -0.39 is 30.2 Å². The van der Waals surface area contributed by atoms with Gasteiger partial charge in [-0.3, -0.25) is 14.9 Å². The number of carbonyl (C=O) groups excluding carboxylic acids is 3. The van der Waals surface area contributed by atoms with Crippen LogP contribution in [0.3, 0.4) is 0 Å². The van der Waals surface area contributed by atoms with E-state index in [9.17, 15) is 18.8 Å². The quantitative estimate of drug-likeness (QED) is 0.828. The van der Waals surface area contributed by atoms with E-state index in [0.29, 0.717) is 10.0 Å². The maximum atomic E-state index is 13.1. The predicted molar refractivity (Wildman–Crippen MR) is 83.3 cm³/mol. The van der Waals surface area contributed by atoms with Crippen molar-refractivity contribution in [2.75, 3.05) is 6.61 Å². The summed E-state index contributed by atoms with van der Waals surface area (Å²) in [6, 6.07) is 11.6. The Morgan fingerprint density at radius 2 is 1.78 bits per heavy atom. The molecule has 0 unspecified atom stereocenters. The summed E-state index contributed by atoms with van der Waals surface area (Å²) in [6.07, 6.45) is 0. The zero-order chi connectivity index (χ0) is 16.8. The Kier molecular flexibility index (Phi) is 5.59. The van der Waals surface area contributed by atoms with Crippen molar-refractivity contribution in [2.45, 2.75) is 0 Å². The van der Waals surface area contributed by atoms with Crippen LogP contribution in [0, 0.1) is 5.82 Å². The van der Waals surface area contributed by atoms with Crippen LogP contribution in [0.15, 0.2) is 53.0 Å². The van der Waals surface area contributed by atoms with Crippen molar-refractivity contribution >= 4 is 33.7 Å². The Bertz CT molecular complexity index is 749. The van der Waals surface area contributed by atoms with Crippen LogP contribution in [0.25, 0.3) is 0 Å². The average Bonchev–Trinajstić information content (AvgIpc) is 2.55. The van der Waals surface area contributed by atoms with Gasteiger partial charge in [0.15, 0.2) is 6.61 Å². The molecule has 0 aliphatic heterocycles. The smallest absolute Gasteiger partial charge is 0.339 e. The third-order valence-electron chi connectivity index (χ3n) is 2.77. The molecule has 0 bridgehead atoms. The molecule has 0 atom stereocenters. The molecule has 0 radical (unpaired) electrons. The number of nitrogens with one attached hydrogen (secondary N) is 1. The van der Waals surface area contributed by atoms with Crippen molar-refractivity contribution in [3.8, 4) is 0 Å². The molecule has 2 rings (SSSR count). The van der Waals surface area contributed by atoms with Gasteiger partial charge in [-0.25, -0.2) is 9.18 Å². The molecule has 0 aliphatic rings. The lowest BCUT2D eigenvalue weighted by atomic mass is 10.2. The van der Waals surface area contributed by atoms with E-state index in [1.807, 2.05) is 0 Å². The molecule has 2 aromatic rings. The maximum absolute atomic E-state index is 13.1. The van der Waals surface area contributed by atoms with Gasteiger partial charge in [0.05, 0.1) is 5.56 Å². The summed E-state index contributed by atoms with van der Waals surface area (Å²) in [5.41, 5.74) is 0.257. The first kappa shape index (κ1) is 16.8.